The number of nitrogens with one attached hydrogen (secondary N) is 3. The van der Waals surface area contributed by atoms with Gasteiger partial charge in [0.25, 0.3) is 11.5 Å². The zero-order valence-corrected chi connectivity index (χ0v) is 18.4. The fourth-order valence-corrected chi connectivity index (χ4v) is 5.01. The third kappa shape index (κ3) is 3.52. The number of carbonyl (C=O) groups excluding carboxylic acids is 1. The topological polar surface area (TPSA) is 99.8 Å². The molecule has 1 spiro atoms. The maximum atomic E-state index is 12.2. The molecule has 1 fully saturated rings. The van der Waals surface area contributed by atoms with Crippen LogP contribution in [0, 0.1) is 11.3 Å². The van der Waals surface area contributed by atoms with Crippen LogP contribution in [0.1, 0.15) is 40.5 Å². The van der Waals surface area contributed by atoms with E-state index in [1.807, 2.05) is 31.5 Å². The molecule has 0 bridgehead atoms. The Hall–Kier alpha value is -3.32. The Bertz CT molecular complexity index is 1280. The summed E-state index contributed by atoms with van der Waals surface area (Å²) in [5.41, 5.74) is 6.38. The second kappa shape index (κ2) is 7.98. The van der Waals surface area contributed by atoms with Gasteiger partial charge in [-0.3, -0.25) is 19.6 Å². The van der Waals surface area contributed by atoms with Gasteiger partial charge in [0.05, 0.1) is 11.0 Å². The first-order valence-electron chi connectivity index (χ1n) is 11.1. The lowest BCUT2D eigenvalue weighted by Gasteiger charge is -2.27. The molecule has 3 aromatic heterocycles. The highest BCUT2D eigenvalue weighted by atomic mass is 16.1. The van der Waals surface area contributed by atoms with Gasteiger partial charge in [-0.2, -0.15) is 0 Å². The summed E-state index contributed by atoms with van der Waals surface area (Å²) in [7, 11) is 1.61. The first kappa shape index (κ1) is 20.6. The van der Waals surface area contributed by atoms with Crippen molar-refractivity contribution in [1.29, 1.82) is 0 Å². The third-order valence-electron chi connectivity index (χ3n) is 6.88. The van der Waals surface area contributed by atoms with E-state index < -0.39 is 0 Å². The van der Waals surface area contributed by atoms with Crippen LogP contribution in [0.15, 0.2) is 47.5 Å². The van der Waals surface area contributed by atoms with Gasteiger partial charge < -0.3 is 15.6 Å². The first-order chi connectivity index (χ1) is 15.5. The highest BCUT2D eigenvalue weighted by Crippen LogP contribution is 2.62. The molecule has 2 aliphatic rings. The number of aromatic amines is 1. The molecule has 5 rings (SSSR count). The van der Waals surface area contributed by atoms with Crippen LogP contribution in [0.2, 0.25) is 0 Å². The summed E-state index contributed by atoms with van der Waals surface area (Å²) in [4.78, 5) is 36.0. The number of rotatable bonds is 5. The Balaban J connectivity index is 1.39. The van der Waals surface area contributed by atoms with E-state index in [9.17, 15) is 9.59 Å². The molecule has 1 aliphatic carbocycles. The van der Waals surface area contributed by atoms with E-state index in [0.717, 1.165) is 53.7 Å². The molecule has 1 saturated carbocycles. The van der Waals surface area contributed by atoms with E-state index in [4.69, 9.17) is 0 Å². The highest BCUT2D eigenvalue weighted by Gasteiger charge is 2.56. The highest BCUT2D eigenvalue weighted by molar-refractivity contribution is 5.92. The van der Waals surface area contributed by atoms with Crippen LogP contribution >= 0.6 is 0 Å². The Morgan fingerprint density at radius 1 is 1.25 bits per heavy atom. The first-order valence-corrected chi connectivity index (χ1v) is 11.1. The van der Waals surface area contributed by atoms with Crippen LogP contribution in [0.25, 0.3) is 16.6 Å². The van der Waals surface area contributed by atoms with E-state index >= 15 is 0 Å². The van der Waals surface area contributed by atoms with Crippen molar-refractivity contribution in [3.05, 3.63) is 75.5 Å². The van der Waals surface area contributed by atoms with Crippen molar-refractivity contribution in [1.82, 2.24) is 25.6 Å². The number of fused-ring (bicyclic) bond motifs is 1. The Kier molecular flexibility index (Phi) is 5.13. The molecule has 7 nitrogen and oxygen atoms in total. The summed E-state index contributed by atoms with van der Waals surface area (Å²) in [5, 5.41) is 6.13. The number of aromatic nitrogens is 3. The molecule has 0 saturated heterocycles. The molecule has 0 radical (unpaired) electrons. The van der Waals surface area contributed by atoms with Gasteiger partial charge in [0.15, 0.2) is 0 Å². The molecule has 164 valence electrons. The van der Waals surface area contributed by atoms with Crippen molar-refractivity contribution >= 4 is 22.5 Å². The summed E-state index contributed by atoms with van der Waals surface area (Å²) >= 11 is 0. The minimum absolute atomic E-state index is 0.0313. The van der Waals surface area contributed by atoms with E-state index in [2.05, 4.69) is 37.7 Å². The van der Waals surface area contributed by atoms with Crippen LogP contribution in [0.4, 0.5) is 0 Å². The molecule has 1 amide bonds. The SMILES string of the molecule is CCc1cc2ncc(CC3CC34CNCC=C4c3ccc(C(=O)NC)nc3)cc2[nH]c1=O. The standard InChI is InChI=1S/C25H27N5O2/c1-3-16-10-21-22(30-23(16)31)9-15(12-28-21)8-18-11-25(18)14-27-7-6-19(25)17-4-5-20(29-13-17)24(32)26-2/h4-6,9-10,12-13,18,27H,3,7-8,11,14H2,1-2H3,(H,26,32)(H,30,31). The van der Waals surface area contributed by atoms with Gasteiger partial charge in [0, 0.05) is 43.5 Å². The van der Waals surface area contributed by atoms with Gasteiger partial charge in [0.2, 0.25) is 0 Å². The minimum atomic E-state index is -0.178. The third-order valence-corrected chi connectivity index (χ3v) is 6.88. The number of hydrogen-bond donors (Lipinski definition) is 3. The fraction of sp³-hybridized carbons (Fsp3) is 0.360. The Morgan fingerprint density at radius 3 is 2.88 bits per heavy atom. The zero-order valence-electron chi connectivity index (χ0n) is 18.4. The normalized spacial score (nSPS) is 22.1. The molecule has 4 heterocycles. The maximum Gasteiger partial charge on any atom is 0.269 e. The fourth-order valence-electron chi connectivity index (χ4n) is 5.01. The van der Waals surface area contributed by atoms with Gasteiger partial charge in [-0.15, -0.1) is 0 Å². The predicted molar refractivity (Wildman–Crippen MR) is 124 cm³/mol. The molecule has 0 aromatic carbocycles. The van der Waals surface area contributed by atoms with Gasteiger partial charge >= 0.3 is 0 Å². The number of carbonyl (C=O) groups is 1. The molecular formula is C25H27N5O2. The summed E-state index contributed by atoms with van der Waals surface area (Å²) in [5.74, 6) is 0.309. The molecule has 3 aromatic rings. The molecule has 32 heavy (non-hydrogen) atoms. The Morgan fingerprint density at radius 2 is 2.12 bits per heavy atom. The van der Waals surface area contributed by atoms with Gasteiger partial charge in [-0.05, 0) is 60.1 Å². The zero-order chi connectivity index (χ0) is 22.3. The van der Waals surface area contributed by atoms with Crippen molar-refractivity contribution in [2.24, 2.45) is 11.3 Å². The monoisotopic (exact) mass is 429 g/mol. The van der Waals surface area contributed by atoms with E-state index in [1.54, 1.807) is 13.1 Å². The average molecular weight is 430 g/mol. The number of amides is 1. The molecule has 1 aliphatic heterocycles. The molecule has 7 heteroatoms. The largest absolute Gasteiger partial charge is 0.354 e. The van der Waals surface area contributed by atoms with Crippen LogP contribution in [0.5, 0.6) is 0 Å². The van der Waals surface area contributed by atoms with Crippen LogP contribution < -0.4 is 16.2 Å². The second-order valence-electron chi connectivity index (χ2n) is 8.77. The van der Waals surface area contributed by atoms with Gasteiger partial charge in [-0.1, -0.05) is 19.1 Å². The predicted octanol–water partition coefficient (Wildman–Crippen LogP) is 2.48. The lowest BCUT2D eigenvalue weighted by atomic mass is 9.84. The van der Waals surface area contributed by atoms with E-state index in [1.165, 1.54) is 5.57 Å². The van der Waals surface area contributed by atoms with Crippen LogP contribution in [-0.2, 0) is 12.8 Å². The quantitative estimate of drug-likeness (QED) is 0.579. The van der Waals surface area contributed by atoms with Gasteiger partial charge in [-0.25, -0.2) is 0 Å². The average Bonchev–Trinajstić information content (AvgIpc) is 3.49. The van der Waals surface area contributed by atoms with Gasteiger partial charge in [0.1, 0.15) is 5.69 Å². The van der Waals surface area contributed by atoms with E-state index in [-0.39, 0.29) is 16.9 Å². The number of nitrogens with zero attached hydrogens (tertiary/aromatic N) is 2. The lowest BCUT2D eigenvalue weighted by Crippen LogP contribution is -2.32. The Labute approximate surface area is 186 Å². The number of pyridine rings is 3. The summed E-state index contributed by atoms with van der Waals surface area (Å²) in [6, 6.07) is 7.74. The van der Waals surface area contributed by atoms with Crippen molar-refractivity contribution in [3.8, 4) is 0 Å². The number of H-pyrrole nitrogens is 1. The van der Waals surface area contributed by atoms with Crippen LogP contribution in [-0.4, -0.2) is 41.0 Å². The number of aryl methyl sites for hydroxylation is 1. The van der Waals surface area contributed by atoms with Crippen molar-refractivity contribution in [3.63, 3.8) is 0 Å². The lowest BCUT2D eigenvalue weighted by molar-refractivity contribution is 0.0958. The summed E-state index contributed by atoms with van der Waals surface area (Å²) in [6.45, 7) is 3.74. The molecule has 3 N–H and O–H groups in total. The van der Waals surface area contributed by atoms with Crippen LogP contribution in [0.3, 0.4) is 0 Å². The minimum Gasteiger partial charge on any atom is -0.354 e. The van der Waals surface area contributed by atoms with E-state index in [0.29, 0.717) is 18.0 Å². The van der Waals surface area contributed by atoms with Crippen molar-refractivity contribution in [2.75, 3.05) is 20.1 Å². The summed E-state index contributed by atoms with van der Waals surface area (Å²) in [6.07, 6.45) is 8.69. The smallest absolute Gasteiger partial charge is 0.269 e. The number of hydrogen-bond acceptors (Lipinski definition) is 5. The van der Waals surface area contributed by atoms with Crippen molar-refractivity contribution in [2.45, 2.75) is 26.2 Å². The summed E-state index contributed by atoms with van der Waals surface area (Å²) < 4.78 is 0. The van der Waals surface area contributed by atoms with Crippen molar-refractivity contribution < 1.29 is 4.79 Å². The maximum absolute atomic E-state index is 12.2. The molecule has 2 atom stereocenters. The second-order valence-corrected chi connectivity index (χ2v) is 8.77. The molecule has 2 unspecified atom stereocenters. The molecular weight excluding hydrogens is 402 g/mol.